The molecule has 0 radical (unpaired) electrons. The number of oxazole rings is 1. The predicted octanol–water partition coefficient (Wildman–Crippen LogP) is 5.93. The minimum Gasteiger partial charge on any atom is -0.506 e. The Labute approximate surface area is 244 Å². The highest BCUT2D eigenvalue weighted by molar-refractivity contribution is 7.17. The smallest absolute Gasteiger partial charge is 0.268 e. The van der Waals surface area contributed by atoms with Gasteiger partial charge in [-0.15, -0.1) is 11.3 Å². The molecule has 42 heavy (non-hydrogen) atoms. The maximum Gasteiger partial charge on any atom is 0.268 e. The Bertz CT molecular complexity index is 1910. The van der Waals surface area contributed by atoms with Crippen molar-refractivity contribution in [1.29, 1.82) is 0 Å². The lowest BCUT2D eigenvalue weighted by Gasteiger charge is -2.17. The summed E-state index contributed by atoms with van der Waals surface area (Å²) in [5, 5.41) is 13.2. The number of benzene rings is 2. The van der Waals surface area contributed by atoms with Gasteiger partial charge < -0.3 is 19.0 Å². The first kappa shape index (κ1) is 26.9. The predicted molar refractivity (Wildman–Crippen MR) is 161 cm³/mol. The third-order valence-electron chi connectivity index (χ3n) is 6.80. The molecule has 0 fully saturated rings. The standard InChI is InChI=1S/C31H26N6O4S/c1-19-33-18-26(41-19)27-12-13-28(42-27)29(39)35-31-34-23-17-21(36(2)30(40)20-7-4-3-5-8-20)10-11-24(23)37(31)16-14-22-25(38)9-6-15-32-22/h3-13,15,17-18,38H,14,16H2,1-2H3,(H,34,35,39). The first-order valence-electron chi connectivity index (χ1n) is 13.2. The van der Waals surface area contributed by atoms with Gasteiger partial charge in [-0.1, -0.05) is 18.2 Å². The second kappa shape index (κ2) is 11.3. The number of amides is 2. The zero-order chi connectivity index (χ0) is 29.2. The van der Waals surface area contributed by atoms with Crippen LogP contribution in [0.1, 0.15) is 31.6 Å². The summed E-state index contributed by atoms with van der Waals surface area (Å²) in [4.78, 5) is 42.4. The molecule has 210 valence electrons. The number of nitrogens with one attached hydrogen (secondary N) is 1. The fourth-order valence-electron chi connectivity index (χ4n) is 4.61. The van der Waals surface area contributed by atoms with E-state index in [1.807, 2.05) is 47.0 Å². The van der Waals surface area contributed by atoms with Gasteiger partial charge in [0, 0.05) is 44.4 Å². The molecule has 0 aliphatic carbocycles. The second-order valence-electron chi connectivity index (χ2n) is 9.57. The lowest BCUT2D eigenvalue weighted by molar-refractivity contribution is 0.0991. The summed E-state index contributed by atoms with van der Waals surface area (Å²) >= 11 is 1.29. The van der Waals surface area contributed by atoms with Crippen molar-refractivity contribution >= 4 is 45.8 Å². The maximum atomic E-state index is 13.3. The molecule has 6 aromatic rings. The van der Waals surface area contributed by atoms with Crippen LogP contribution in [0.3, 0.4) is 0 Å². The van der Waals surface area contributed by atoms with Gasteiger partial charge in [-0.05, 0) is 54.6 Å². The lowest BCUT2D eigenvalue weighted by Crippen LogP contribution is -2.26. The Morgan fingerprint density at radius 1 is 1.05 bits per heavy atom. The van der Waals surface area contributed by atoms with Crippen LogP contribution in [0.4, 0.5) is 11.6 Å². The highest BCUT2D eigenvalue weighted by Gasteiger charge is 2.20. The van der Waals surface area contributed by atoms with Gasteiger partial charge in [0.1, 0.15) is 5.75 Å². The fraction of sp³-hybridized carbons (Fsp3) is 0.129. The fourth-order valence-corrected chi connectivity index (χ4v) is 5.46. The number of aromatic hydroxyl groups is 1. The number of imidazole rings is 1. The Morgan fingerprint density at radius 2 is 1.88 bits per heavy atom. The van der Waals surface area contributed by atoms with Gasteiger partial charge in [-0.3, -0.25) is 19.9 Å². The van der Waals surface area contributed by atoms with E-state index in [9.17, 15) is 14.7 Å². The number of nitrogens with zero attached hydrogens (tertiary/aromatic N) is 5. The number of pyridine rings is 1. The van der Waals surface area contributed by atoms with Gasteiger partial charge in [-0.25, -0.2) is 9.97 Å². The molecule has 0 bridgehead atoms. The van der Waals surface area contributed by atoms with Gasteiger partial charge in [0.05, 0.1) is 32.7 Å². The molecule has 0 aliphatic heterocycles. The molecular formula is C31H26N6O4S. The summed E-state index contributed by atoms with van der Waals surface area (Å²) < 4.78 is 7.47. The van der Waals surface area contributed by atoms with Crippen molar-refractivity contribution in [3.63, 3.8) is 0 Å². The van der Waals surface area contributed by atoms with Gasteiger partial charge in [-0.2, -0.15) is 0 Å². The Morgan fingerprint density at radius 3 is 2.64 bits per heavy atom. The number of aromatic nitrogens is 4. The molecule has 2 aromatic carbocycles. The number of thiophene rings is 1. The van der Waals surface area contributed by atoms with Gasteiger partial charge in [0.15, 0.2) is 11.7 Å². The number of carbonyl (C=O) groups is 2. The van der Waals surface area contributed by atoms with Gasteiger partial charge >= 0.3 is 0 Å². The van der Waals surface area contributed by atoms with Crippen molar-refractivity contribution < 1.29 is 19.1 Å². The van der Waals surface area contributed by atoms with Crippen LogP contribution in [0.25, 0.3) is 21.7 Å². The van der Waals surface area contributed by atoms with E-state index in [-0.39, 0.29) is 17.6 Å². The number of hydrogen-bond donors (Lipinski definition) is 2. The Hall–Kier alpha value is -5.29. The van der Waals surface area contributed by atoms with Crippen molar-refractivity contribution in [2.75, 3.05) is 17.3 Å². The van der Waals surface area contributed by atoms with Crippen LogP contribution < -0.4 is 10.2 Å². The van der Waals surface area contributed by atoms with E-state index < -0.39 is 0 Å². The molecule has 4 heterocycles. The number of anilines is 2. The number of aryl methyl sites for hydroxylation is 3. The van der Waals surface area contributed by atoms with E-state index in [0.29, 0.717) is 57.9 Å². The quantitative estimate of drug-likeness (QED) is 0.229. The molecule has 6 rings (SSSR count). The molecular weight excluding hydrogens is 552 g/mol. The van der Waals surface area contributed by atoms with Gasteiger partial charge in [0.25, 0.3) is 11.8 Å². The molecule has 0 atom stereocenters. The second-order valence-corrected chi connectivity index (χ2v) is 10.7. The third-order valence-corrected chi connectivity index (χ3v) is 7.90. The number of fused-ring (bicyclic) bond motifs is 1. The van der Waals surface area contributed by atoms with Gasteiger partial charge in [0.2, 0.25) is 5.95 Å². The summed E-state index contributed by atoms with van der Waals surface area (Å²) in [5.74, 6) is 1.11. The van der Waals surface area contributed by atoms with Crippen LogP contribution in [0.5, 0.6) is 5.75 Å². The molecule has 2 N–H and O–H groups in total. The summed E-state index contributed by atoms with van der Waals surface area (Å²) in [6.07, 6.45) is 3.66. The zero-order valence-electron chi connectivity index (χ0n) is 22.8. The highest BCUT2D eigenvalue weighted by Crippen LogP contribution is 2.30. The van der Waals surface area contributed by atoms with E-state index in [1.54, 1.807) is 61.6 Å². The summed E-state index contributed by atoms with van der Waals surface area (Å²) in [7, 11) is 1.71. The van der Waals surface area contributed by atoms with Crippen molar-refractivity contribution in [2.24, 2.45) is 0 Å². The van der Waals surface area contributed by atoms with Crippen LogP contribution in [0.2, 0.25) is 0 Å². The van der Waals surface area contributed by atoms with E-state index in [4.69, 9.17) is 9.40 Å². The largest absolute Gasteiger partial charge is 0.506 e. The number of hydrogen-bond acceptors (Lipinski definition) is 8. The van der Waals surface area contributed by atoms with E-state index in [2.05, 4.69) is 15.3 Å². The van der Waals surface area contributed by atoms with Crippen LogP contribution in [0, 0.1) is 6.92 Å². The summed E-state index contributed by atoms with van der Waals surface area (Å²) in [5.41, 5.74) is 3.13. The molecule has 10 nitrogen and oxygen atoms in total. The topological polar surface area (TPSA) is 126 Å². The van der Waals surface area contributed by atoms with E-state index in [1.165, 1.54) is 11.3 Å². The molecule has 11 heteroatoms. The zero-order valence-corrected chi connectivity index (χ0v) is 23.6. The molecule has 2 amide bonds. The van der Waals surface area contributed by atoms with Crippen molar-refractivity contribution in [2.45, 2.75) is 19.9 Å². The SMILES string of the molecule is Cc1ncc(-c2ccc(C(=O)Nc3nc4cc(N(C)C(=O)c5ccccc5)ccc4n3CCc3ncccc3O)s2)o1. The average molecular weight is 579 g/mol. The summed E-state index contributed by atoms with van der Waals surface area (Å²) in [6.45, 7) is 2.16. The monoisotopic (exact) mass is 578 g/mol. The van der Waals surface area contributed by atoms with Crippen LogP contribution in [-0.4, -0.2) is 43.5 Å². The first-order valence-corrected chi connectivity index (χ1v) is 14.0. The average Bonchev–Trinajstić information content (AvgIpc) is 3.75. The maximum absolute atomic E-state index is 13.3. The number of rotatable bonds is 8. The number of carbonyl (C=O) groups excluding carboxylic acids is 2. The lowest BCUT2D eigenvalue weighted by atomic mass is 10.2. The van der Waals surface area contributed by atoms with E-state index in [0.717, 1.165) is 10.4 Å². The molecule has 0 saturated heterocycles. The van der Waals surface area contributed by atoms with Crippen molar-refractivity contribution in [1.82, 2.24) is 19.5 Å². The summed E-state index contributed by atoms with van der Waals surface area (Å²) in [6, 6.07) is 21.4. The van der Waals surface area contributed by atoms with Crippen molar-refractivity contribution in [3.8, 4) is 16.4 Å². The van der Waals surface area contributed by atoms with Crippen LogP contribution in [-0.2, 0) is 13.0 Å². The third kappa shape index (κ3) is 5.37. The minimum absolute atomic E-state index is 0.101. The minimum atomic E-state index is -0.323. The normalized spacial score (nSPS) is 11.1. The van der Waals surface area contributed by atoms with Crippen molar-refractivity contribution in [3.05, 3.63) is 107 Å². The van der Waals surface area contributed by atoms with Crippen LogP contribution in [0.15, 0.2) is 89.6 Å². The molecule has 0 unspecified atom stereocenters. The molecule has 0 aliphatic rings. The highest BCUT2D eigenvalue weighted by atomic mass is 32.1. The van der Waals surface area contributed by atoms with Crippen LogP contribution >= 0.6 is 11.3 Å². The van der Waals surface area contributed by atoms with E-state index >= 15 is 0 Å². The molecule has 0 spiro atoms. The first-order chi connectivity index (χ1) is 20.4. The Balaban J connectivity index is 1.32. The molecule has 4 aromatic heterocycles. The molecule has 0 saturated carbocycles. The Kier molecular flexibility index (Phi) is 7.24.